The van der Waals surface area contributed by atoms with E-state index in [-0.39, 0.29) is 0 Å². The van der Waals surface area contributed by atoms with Gasteiger partial charge in [0.1, 0.15) is 0 Å². The van der Waals surface area contributed by atoms with Crippen LogP contribution in [0.1, 0.15) is 19.4 Å². The van der Waals surface area contributed by atoms with Gasteiger partial charge in [-0.2, -0.15) is 0 Å². The summed E-state index contributed by atoms with van der Waals surface area (Å²) in [5.74, 6) is 1.17. The topological polar surface area (TPSA) is 26.0 Å². The van der Waals surface area contributed by atoms with Crippen LogP contribution in [-0.4, -0.2) is 6.54 Å². The van der Waals surface area contributed by atoms with Gasteiger partial charge in [-0.25, -0.2) is 0 Å². The molecule has 0 fully saturated rings. The van der Waals surface area contributed by atoms with Gasteiger partial charge >= 0.3 is 0 Å². The highest BCUT2D eigenvalue weighted by Gasteiger charge is 2.11. The molecular formula is C12H18ClN. The van der Waals surface area contributed by atoms with Crippen molar-refractivity contribution in [1.29, 1.82) is 0 Å². The predicted molar refractivity (Wildman–Crippen MR) is 62.5 cm³/mol. The lowest BCUT2D eigenvalue weighted by atomic mass is 9.89. The standard InChI is InChI=1S/C12H18ClN/c1-9(2)11(8-14)6-10-4-3-5-12(13)7-10/h3-5,7,9,11H,6,8,14H2,1-2H3. The zero-order valence-electron chi connectivity index (χ0n) is 8.83. The van der Waals surface area contributed by atoms with E-state index in [2.05, 4.69) is 19.9 Å². The summed E-state index contributed by atoms with van der Waals surface area (Å²) in [5, 5.41) is 0.807. The van der Waals surface area contributed by atoms with Crippen LogP contribution in [0, 0.1) is 11.8 Å². The molecule has 0 saturated heterocycles. The quantitative estimate of drug-likeness (QED) is 0.814. The maximum atomic E-state index is 5.92. The molecular weight excluding hydrogens is 194 g/mol. The summed E-state index contributed by atoms with van der Waals surface area (Å²) < 4.78 is 0. The highest BCUT2D eigenvalue weighted by molar-refractivity contribution is 6.30. The van der Waals surface area contributed by atoms with Crippen LogP contribution in [0.3, 0.4) is 0 Å². The molecule has 0 amide bonds. The summed E-state index contributed by atoms with van der Waals surface area (Å²) in [5.41, 5.74) is 7.01. The third kappa shape index (κ3) is 3.32. The van der Waals surface area contributed by atoms with E-state index < -0.39 is 0 Å². The van der Waals surface area contributed by atoms with Crippen molar-refractivity contribution in [2.45, 2.75) is 20.3 Å². The van der Waals surface area contributed by atoms with Crippen molar-refractivity contribution in [3.8, 4) is 0 Å². The molecule has 1 aromatic rings. The Bertz CT molecular complexity index is 283. The lowest BCUT2D eigenvalue weighted by Crippen LogP contribution is -2.22. The summed E-state index contributed by atoms with van der Waals surface area (Å²) in [6.07, 6.45) is 1.02. The Kier molecular flexibility index (Phi) is 4.43. The maximum Gasteiger partial charge on any atom is 0.0408 e. The van der Waals surface area contributed by atoms with Crippen LogP contribution in [0.25, 0.3) is 0 Å². The molecule has 14 heavy (non-hydrogen) atoms. The average Bonchev–Trinajstić information content (AvgIpc) is 2.14. The van der Waals surface area contributed by atoms with Crippen molar-refractivity contribution in [3.63, 3.8) is 0 Å². The van der Waals surface area contributed by atoms with Crippen LogP contribution in [0.4, 0.5) is 0 Å². The van der Waals surface area contributed by atoms with Gasteiger partial charge in [0.25, 0.3) is 0 Å². The molecule has 1 rings (SSSR count). The Morgan fingerprint density at radius 1 is 1.36 bits per heavy atom. The number of nitrogens with two attached hydrogens (primary N) is 1. The Morgan fingerprint density at radius 3 is 2.57 bits per heavy atom. The van der Waals surface area contributed by atoms with Crippen LogP contribution in [0.2, 0.25) is 5.02 Å². The first kappa shape index (κ1) is 11.5. The number of halogens is 1. The minimum Gasteiger partial charge on any atom is -0.330 e. The van der Waals surface area contributed by atoms with E-state index in [4.69, 9.17) is 17.3 Å². The molecule has 0 aliphatic rings. The monoisotopic (exact) mass is 211 g/mol. The van der Waals surface area contributed by atoms with Crippen molar-refractivity contribution in [2.24, 2.45) is 17.6 Å². The molecule has 0 saturated carbocycles. The molecule has 0 spiro atoms. The first-order chi connectivity index (χ1) is 6.63. The Balaban J connectivity index is 2.67. The van der Waals surface area contributed by atoms with Crippen molar-refractivity contribution >= 4 is 11.6 Å². The second-order valence-corrected chi connectivity index (χ2v) is 4.51. The third-order valence-corrected chi connectivity index (χ3v) is 2.87. The van der Waals surface area contributed by atoms with Crippen molar-refractivity contribution in [1.82, 2.24) is 0 Å². The van der Waals surface area contributed by atoms with Crippen LogP contribution < -0.4 is 5.73 Å². The molecule has 0 aliphatic heterocycles. The zero-order chi connectivity index (χ0) is 10.6. The molecule has 1 unspecified atom stereocenters. The first-order valence-corrected chi connectivity index (χ1v) is 5.45. The summed E-state index contributed by atoms with van der Waals surface area (Å²) in [4.78, 5) is 0. The molecule has 0 aliphatic carbocycles. The second-order valence-electron chi connectivity index (χ2n) is 4.07. The van der Waals surface area contributed by atoms with E-state index in [9.17, 15) is 0 Å². The predicted octanol–water partition coefficient (Wildman–Crippen LogP) is 3.11. The van der Waals surface area contributed by atoms with Gasteiger partial charge in [0, 0.05) is 5.02 Å². The van der Waals surface area contributed by atoms with Gasteiger partial charge in [-0.15, -0.1) is 0 Å². The lowest BCUT2D eigenvalue weighted by molar-refractivity contribution is 0.392. The first-order valence-electron chi connectivity index (χ1n) is 5.08. The molecule has 78 valence electrons. The fraction of sp³-hybridized carbons (Fsp3) is 0.500. The maximum absolute atomic E-state index is 5.92. The highest BCUT2D eigenvalue weighted by Crippen LogP contribution is 2.18. The summed E-state index contributed by atoms with van der Waals surface area (Å²) >= 11 is 5.92. The molecule has 1 aromatic carbocycles. The lowest BCUT2D eigenvalue weighted by Gasteiger charge is -2.18. The molecule has 0 aromatic heterocycles. The number of hydrogen-bond acceptors (Lipinski definition) is 1. The number of benzene rings is 1. The van der Waals surface area contributed by atoms with Gasteiger partial charge in [-0.1, -0.05) is 37.6 Å². The van der Waals surface area contributed by atoms with Crippen LogP contribution >= 0.6 is 11.6 Å². The van der Waals surface area contributed by atoms with Crippen LogP contribution in [0.5, 0.6) is 0 Å². The minimum atomic E-state index is 0.550. The Labute approximate surface area is 91.3 Å². The molecule has 0 heterocycles. The van der Waals surface area contributed by atoms with E-state index in [0.717, 1.165) is 18.0 Å². The SMILES string of the molecule is CC(C)C(CN)Cc1cccc(Cl)c1. The second kappa shape index (κ2) is 5.38. The largest absolute Gasteiger partial charge is 0.330 e. The smallest absolute Gasteiger partial charge is 0.0408 e. The van der Waals surface area contributed by atoms with Crippen LogP contribution in [-0.2, 0) is 6.42 Å². The average molecular weight is 212 g/mol. The van der Waals surface area contributed by atoms with Crippen molar-refractivity contribution in [3.05, 3.63) is 34.9 Å². The van der Waals surface area contributed by atoms with Crippen LogP contribution in [0.15, 0.2) is 24.3 Å². The fourth-order valence-corrected chi connectivity index (χ4v) is 1.77. The van der Waals surface area contributed by atoms with E-state index in [1.54, 1.807) is 0 Å². The fourth-order valence-electron chi connectivity index (χ4n) is 1.56. The molecule has 1 atom stereocenters. The molecule has 2 heteroatoms. The number of rotatable bonds is 4. The van der Waals surface area contributed by atoms with Gasteiger partial charge in [0.05, 0.1) is 0 Å². The Hall–Kier alpha value is -0.530. The normalized spacial score (nSPS) is 13.2. The minimum absolute atomic E-state index is 0.550. The summed E-state index contributed by atoms with van der Waals surface area (Å²) in [6, 6.07) is 8.02. The van der Waals surface area contributed by atoms with E-state index in [1.165, 1.54) is 5.56 Å². The van der Waals surface area contributed by atoms with E-state index in [0.29, 0.717) is 11.8 Å². The van der Waals surface area contributed by atoms with Gasteiger partial charge in [0.2, 0.25) is 0 Å². The Morgan fingerprint density at radius 2 is 2.07 bits per heavy atom. The van der Waals surface area contributed by atoms with Crippen molar-refractivity contribution in [2.75, 3.05) is 6.54 Å². The highest BCUT2D eigenvalue weighted by atomic mass is 35.5. The molecule has 1 nitrogen and oxygen atoms in total. The number of hydrogen-bond donors (Lipinski definition) is 1. The van der Waals surface area contributed by atoms with E-state index >= 15 is 0 Å². The van der Waals surface area contributed by atoms with Crippen molar-refractivity contribution < 1.29 is 0 Å². The van der Waals surface area contributed by atoms with E-state index in [1.807, 2.05) is 18.2 Å². The van der Waals surface area contributed by atoms with Gasteiger partial charge in [-0.3, -0.25) is 0 Å². The molecule has 0 radical (unpaired) electrons. The summed E-state index contributed by atoms with van der Waals surface area (Å²) in [7, 11) is 0. The van der Waals surface area contributed by atoms with Gasteiger partial charge < -0.3 is 5.73 Å². The molecule has 0 bridgehead atoms. The zero-order valence-corrected chi connectivity index (χ0v) is 9.59. The summed E-state index contributed by atoms with van der Waals surface area (Å²) in [6.45, 7) is 5.16. The third-order valence-electron chi connectivity index (χ3n) is 2.63. The van der Waals surface area contributed by atoms with Gasteiger partial charge in [-0.05, 0) is 42.5 Å². The van der Waals surface area contributed by atoms with Gasteiger partial charge in [0.15, 0.2) is 0 Å². The molecule has 2 N–H and O–H groups in total.